The number of aryl methyl sites for hydroxylation is 1. The molecule has 1 aromatic rings. The summed E-state index contributed by atoms with van der Waals surface area (Å²) in [7, 11) is 1.79. The smallest absolute Gasteiger partial charge is 0.254 e. The lowest BCUT2D eigenvalue weighted by molar-refractivity contribution is 0.0693. The van der Waals surface area contributed by atoms with E-state index in [2.05, 4.69) is 10.3 Å². The summed E-state index contributed by atoms with van der Waals surface area (Å²) in [5, 5.41) is 11.9. The normalized spacial score (nSPS) is 10.7. The Balaban J connectivity index is 3.04. The molecule has 0 aliphatic rings. The number of carbonyl (C=O) groups is 1. The number of aliphatic hydroxyl groups excluding tert-OH is 1. The molecule has 0 bridgehead atoms. The summed E-state index contributed by atoms with van der Waals surface area (Å²) in [5.41, 5.74) is 1.54. The Morgan fingerprint density at radius 2 is 2.15 bits per heavy atom. The monoisotopic (exact) mass is 279 g/mol. The van der Waals surface area contributed by atoms with E-state index in [9.17, 15) is 4.79 Å². The van der Waals surface area contributed by atoms with E-state index >= 15 is 0 Å². The van der Waals surface area contributed by atoms with Gasteiger partial charge in [0, 0.05) is 37.5 Å². The molecule has 0 saturated carbocycles. The fourth-order valence-electron chi connectivity index (χ4n) is 2.02. The van der Waals surface area contributed by atoms with Crippen molar-refractivity contribution in [3.05, 3.63) is 23.4 Å². The largest absolute Gasteiger partial charge is 0.396 e. The summed E-state index contributed by atoms with van der Waals surface area (Å²) in [6.07, 6.45) is 1.38. The zero-order valence-electron chi connectivity index (χ0n) is 12.8. The average molecular weight is 279 g/mol. The molecule has 1 rings (SSSR count). The molecule has 20 heavy (non-hydrogen) atoms. The topological polar surface area (TPSA) is 65.5 Å². The third-order valence-corrected chi connectivity index (χ3v) is 3.19. The summed E-state index contributed by atoms with van der Waals surface area (Å²) in [5.74, 6) is 0.695. The first-order valence-electron chi connectivity index (χ1n) is 7.14. The van der Waals surface area contributed by atoms with Crippen molar-refractivity contribution in [1.29, 1.82) is 0 Å². The van der Waals surface area contributed by atoms with Crippen LogP contribution in [-0.2, 0) is 6.42 Å². The summed E-state index contributed by atoms with van der Waals surface area (Å²) >= 11 is 0. The van der Waals surface area contributed by atoms with Gasteiger partial charge in [-0.05, 0) is 38.8 Å². The number of nitrogens with zero attached hydrogens (tertiary/aromatic N) is 2. The van der Waals surface area contributed by atoms with Crippen molar-refractivity contribution in [3.63, 3.8) is 0 Å². The van der Waals surface area contributed by atoms with Crippen LogP contribution in [0.4, 0.5) is 5.82 Å². The first-order valence-corrected chi connectivity index (χ1v) is 7.14. The molecule has 0 spiro atoms. The average Bonchev–Trinajstić information content (AvgIpc) is 2.46. The van der Waals surface area contributed by atoms with Gasteiger partial charge < -0.3 is 15.3 Å². The molecular weight excluding hydrogens is 254 g/mol. The van der Waals surface area contributed by atoms with Gasteiger partial charge in [0.05, 0.1) is 0 Å². The minimum absolute atomic E-state index is 0.0120. The van der Waals surface area contributed by atoms with Crippen LogP contribution >= 0.6 is 0 Å². The van der Waals surface area contributed by atoms with Crippen LogP contribution in [0.3, 0.4) is 0 Å². The van der Waals surface area contributed by atoms with Crippen molar-refractivity contribution >= 4 is 11.7 Å². The predicted octanol–water partition coefficient (Wildman–Crippen LogP) is 1.92. The van der Waals surface area contributed by atoms with E-state index < -0.39 is 0 Å². The molecule has 0 unspecified atom stereocenters. The van der Waals surface area contributed by atoms with Crippen LogP contribution in [-0.4, -0.2) is 47.1 Å². The van der Waals surface area contributed by atoms with Crippen molar-refractivity contribution in [2.24, 2.45) is 0 Å². The summed E-state index contributed by atoms with van der Waals surface area (Å²) in [4.78, 5) is 18.8. The molecule has 0 aromatic carbocycles. The molecule has 0 aliphatic heterocycles. The first-order chi connectivity index (χ1) is 9.53. The molecule has 2 N–H and O–H groups in total. The number of hydrogen-bond acceptors (Lipinski definition) is 4. The highest BCUT2D eigenvalue weighted by molar-refractivity contribution is 5.95. The van der Waals surface area contributed by atoms with Gasteiger partial charge in [0.15, 0.2) is 0 Å². The van der Waals surface area contributed by atoms with Gasteiger partial charge in [0.1, 0.15) is 5.82 Å². The zero-order valence-corrected chi connectivity index (χ0v) is 12.8. The Kier molecular flexibility index (Phi) is 6.45. The Morgan fingerprint density at radius 3 is 2.65 bits per heavy atom. The van der Waals surface area contributed by atoms with Crippen molar-refractivity contribution in [2.45, 2.75) is 39.7 Å². The number of amides is 1. The lowest BCUT2D eigenvalue weighted by Gasteiger charge is -2.27. The minimum Gasteiger partial charge on any atom is -0.396 e. The number of aliphatic hydroxyl groups is 1. The maximum atomic E-state index is 12.6. The molecule has 5 nitrogen and oxygen atoms in total. The Bertz CT molecular complexity index is 424. The van der Waals surface area contributed by atoms with Crippen LogP contribution < -0.4 is 5.32 Å². The fourth-order valence-corrected chi connectivity index (χ4v) is 2.02. The van der Waals surface area contributed by atoms with Crippen molar-refractivity contribution in [1.82, 2.24) is 9.88 Å². The second-order valence-electron chi connectivity index (χ2n) is 5.01. The molecule has 0 radical (unpaired) electrons. The minimum atomic E-state index is -0.0120. The number of aromatic nitrogens is 1. The highest BCUT2D eigenvalue weighted by Gasteiger charge is 2.19. The molecule has 112 valence electrons. The van der Waals surface area contributed by atoms with E-state index in [-0.39, 0.29) is 18.6 Å². The number of anilines is 1. The van der Waals surface area contributed by atoms with E-state index in [0.717, 1.165) is 12.1 Å². The second-order valence-corrected chi connectivity index (χ2v) is 5.01. The van der Waals surface area contributed by atoms with E-state index in [4.69, 9.17) is 5.11 Å². The van der Waals surface area contributed by atoms with E-state index in [1.807, 2.05) is 26.8 Å². The van der Waals surface area contributed by atoms with Gasteiger partial charge in [-0.25, -0.2) is 4.98 Å². The Morgan fingerprint density at radius 1 is 1.45 bits per heavy atom. The number of nitrogens with one attached hydrogen (secondary N) is 1. The maximum Gasteiger partial charge on any atom is 0.254 e. The Hall–Kier alpha value is -1.62. The van der Waals surface area contributed by atoms with Gasteiger partial charge in [-0.15, -0.1) is 0 Å². The van der Waals surface area contributed by atoms with Crippen LogP contribution in [0.25, 0.3) is 0 Å². The van der Waals surface area contributed by atoms with Gasteiger partial charge in [0.25, 0.3) is 5.91 Å². The van der Waals surface area contributed by atoms with E-state index in [1.165, 1.54) is 0 Å². The molecule has 0 saturated heterocycles. The molecular formula is C15H25N3O2. The van der Waals surface area contributed by atoms with Gasteiger partial charge in [-0.1, -0.05) is 6.92 Å². The number of rotatable bonds is 7. The van der Waals surface area contributed by atoms with Crippen LogP contribution in [0.1, 0.15) is 43.2 Å². The molecule has 1 aromatic heterocycles. The molecule has 1 amide bonds. The van der Waals surface area contributed by atoms with Gasteiger partial charge >= 0.3 is 0 Å². The number of hydrogen-bond donors (Lipinski definition) is 2. The van der Waals surface area contributed by atoms with Gasteiger partial charge in [-0.3, -0.25) is 4.79 Å². The molecule has 0 atom stereocenters. The summed E-state index contributed by atoms with van der Waals surface area (Å²) in [6, 6.07) is 3.72. The SMILES string of the molecule is CCc1cc(C(=O)N(CCCO)C(C)C)cc(NC)n1. The molecule has 0 fully saturated rings. The van der Waals surface area contributed by atoms with Crippen molar-refractivity contribution in [3.8, 4) is 0 Å². The summed E-state index contributed by atoms with van der Waals surface area (Å²) in [6.45, 7) is 6.63. The standard InChI is InChI=1S/C15H25N3O2/c1-5-13-9-12(10-14(16-4)17-13)15(20)18(11(2)3)7-6-8-19/h9-11,19H,5-8H2,1-4H3,(H,16,17). The van der Waals surface area contributed by atoms with Crippen molar-refractivity contribution in [2.75, 3.05) is 25.5 Å². The van der Waals surface area contributed by atoms with Crippen LogP contribution in [0, 0.1) is 0 Å². The first kappa shape index (κ1) is 16.4. The third kappa shape index (κ3) is 4.20. The summed E-state index contributed by atoms with van der Waals surface area (Å²) < 4.78 is 0. The lowest BCUT2D eigenvalue weighted by atomic mass is 10.1. The quantitative estimate of drug-likeness (QED) is 0.800. The maximum absolute atomic E-state index is 12.6. The van der Waals surface area contributed by atoms with Gasteiger partial charge in [0.2, 0.25) is 0 Å². The lowest BCUT2D eigenvalue weighted by Crippen LogP contribution is -2.38. The van der Waals surface area contributed by atoms with Crippen LogP contribution in [0.2, 0.25) is 0 Å². The zero-order chi connectivity index (χ0) is 15.1. The van der Waals surface area contributed by atoms with Crippen LogP contribution in [0.15, 0.2) is 12.1 Å². The predicted molar refractivity (Wildman–Crippen MR) is 81.0 cm³/mol. The fraction of sp³-hybridized carbons (Fsp3) is 0.600. The van der Waals surface area contributed by atoms with Gasteiger partial charge in [-0.2, -0.15) is 0 Å². The highest BCUT2D eigenvalue weighted by Crippen LogP contribution is 2.15. The number of pyridine rings is 1. The second kappa shape index (κ2) is 7.85. The third-order valence-electron chi connectivity index (χ3n) is 3.19. The molecule has 5 heteroatoms. The number of carbonyl (C=O) groups excluding carboxylic acids is 1. The van der Waals surface area contributed by atoms with E-state index in [0.29, 0.717) is 24.3 Å². The van der Waals surface area contributed by atoms with E-state index in [1.54, 1.807) is 18.0 Å². The highest BCUT2D eigenvalue weighted by atomic mass is 16.3. The molecule has 0 aliphatic carbocycles. The Labute approximate surface area is 121 Å². The van der Waals surface area contributed by atoms with Crippen molar-refractivity contribution < 1.29 is 9.90 Å². The molecule has 1 heterocycles. The van der Waals surface area contributed by atoms with Crippen LogP contribution in [0.5, 0.6) is 0 Å².